The SMILES string of the molecule is Cc1nsc(N)c1-c1nc(C2CCCCC2)no1. The van der Waals surface area contributed by atoms with Crippen LogP contribution in [0.15, 0.2) is 4.52 Å². The molecule has 0 aliphatic heterocycles. The van der Waals surface area contributed by atoms with Gasteiger partial charge in [0.05, 0.1) is 11.3 Å². The zero-order valence-electron chi connectivity index (χ0n) is 10.3. The van der Waals surface area contributed by atoms with Gasteiger partial charge in [-0.2, -0.15) is 9.36 Å². The predicted octanol–water partition coefficient (Wildman–Crippen LogP) is 3.13. The molecule has 0 saturated heterocycles. The first-order valence-electron chi connectivity index (χ1n) is 6.31. The Hall–Kier alpha value is -1.43. The Bertz CT molecular complexity index is 523. The van der Waals surface area contributed by atoms with Crippen LogP contribution in [0.1, 0.15) is 49.5 Å². The molecule has 18 heavy (non-hydrogen) atoms. The van der Waals surface area contributed by atoms with E-state index in [9.17, 15) is 0 Å². The van der Waals surface area contributed by atoms with Crippen LogP contribution in [-0.2, 0) is 0 Å². The van der Waals surface area contributed by atoms with Crippen LogP contribution < -0.4 is 5.73 Å². The van der Waals surface area contributed by atoms with Crippen molar-refractivity contribution in [3.8, 4) is 11.5 Å². The van der Waals surface area contributed by atoms with Crippen LogP contribution in [0.3, 0.4) is 0 Å². The lowest BCUT2D eigenvalue weighted by Crippen LogP contribution is -2.06. The van der Waals surface area contributed by atoms with Crippen molar-refractivity contribution >= 4 is 16.5 Å². The van der Waals surface area contributed by atoms with E-state index in [2.05, 4.69) is 14.5 Å². The van der Waals surface area contributed by atoms with E-state index in [0.29, 0.717) is 16.8 Å². The van der Waals surface area contributed by atoms with Crippen LogP contribution in [0.5, 0.6) is 0 Å². The van der Waals surface area contributed by atoms with E-state index in [4.69, 9.17) is 10.3 Å². The monoisotopic (exact) mass is 264 g/mol. The van der Waals surface area contributed by atoms with Gasteiger partial charge in [0.25, 0.3) is 5.89 Å². The smallest absolute Gasteiger partial charge is 0.262 e. The lowest BCUT2D eigenvalue weighted by molar-refractivity contribution is 0.385. The van der Waals surface area contributed by atoms with Crippen LogP contribution in [0, 0.1) is 6.92 Å². The van der Waals surface area contributed by atoms with E-state index in [0.717, 1.165) is 29.9 Å². The van der Waals surface area contributed by atoms with Crippen molar-refractivity contribution in [2.45, 2.75) is 44.9 Å². The van der Waals surface area contributed by atoms with Gasteiger partial charge in [0.1, 0.15) is 5.00 Å². The highest BCUT2D eigenvalue weighted by molar-refractivity contribution is 7.10. The van der Waals surface area contributed by atoms with Gasteiger partial charge in [0.15, 0.2) is 5.82 Å². The standard InChI is InChI=1S/C12H16N4OS/c1-7-9(10(13)18-16-7)12-14-11(15-17-12)8-5-3-2-4-6-8/h8H,2-6,13H2,1H3. The summed E-state index contributed by atoms with van der Waals surface area (Å²) in [4.78, 5) is 4.51. The van der Waals surface area contributed by atoms with Crippen molar-refractivity contribution in [1.29, 1.82) is 0 Å². The van der Waals surface area contributed by atoms with Crippen LogP contribution in [0.2, 0.25) is 0 Å². The fourth-order valence-electron chi connectivity index (χ4n) is 2.51. The average Bonchev–Trinajstić information content (AvgIpc) is 2.98. The molecule has 96 valence electrons. The zero-order chi connectivity index (χ0) is 12.5. The Balaban J connectivity index is 1.89. The lowest BCUT2D eigenvalue weighted by atomic mass is 9.89. The molecule has 2 heterocycles. The maximum Gasteiger partial charge on any atom is 0.262 e. The predicted molar refractivity (Wildman–Crippen MR) is 70.4 cm³/mol. The van der Waals surface area contributed by atoms with Crippen molar-refractivity contribution in [1.82, 2.24) is 14.5 Å². The number of rotatable bonds is 2. The lowest BCUT2D eigenvalue weighted by Gasteiger charge is -2.17. The molecule has 1 aliphatic carbocycles. The summed E-state index contributed by atoms with van der Waals surface area (Å²) in [7, 11) is 0. The third-order valence-corrected chi connectivity index (χ3v) is 4.28. The molecule has 1 aliphatic rings. The fourth-order valence-corrected chi connectivity index (χ4v) is 3.16. The number of anilines is 1. The molecular weight excluding hydrogens is 248 g/mol. The summed E-state index contributed by atoms with van der Waals surface area (Å²) in [6.07, 6.45) is 6.16. The van der Waals surface area contributed by atoms with E-state index >= 15 is 0 Å². The Labute approximate surface area is 110 Å². The van der Waals surface area contributed by atoms with E-state index in [-0.39, 0.29) is 0 Å². The number of nitrogen functional groups attached to an aromatic ring is 1. The number of hydrogen-bond acceptors (Lipinski definition) is 6. The largest absolute Gasteiger partial charge is 0.389 e. The van der Waals surface area contributed by atoms with Gasteiger partial charge >= 0.3 is 0 Å². The van der Waals surface area contributed by atoms with Crippen LogP contribution >= 0.6 is 11.5 Å². The van der Waals surface area contributed by atoms with Crippen LogP contribution in [-0.4, -0.2) is 14.5 Å². The molecule has 6 heteroatoms. The second kappa shape index (κ2) is 4.68. The van der Waals surface area contributed by atoms with Gasteiger partial charge in [-0.05, 0) is 31.3 Å². The molecule has 2 N–H and O–H groups in total. The van der Waals surface area contributed by atoms with E-state index < -0.39 is 0 Å². The van der Waals surface area contributed by atoms with Crippen molar-refractivity contribution in [3.63, 3.8) is 0 Å². The summed E-state index contributed by atoms with van der Waals surface area (Å²) in [5.74, 6) is 1.79. The number of hydrogen-bond donors (Lipinski definition) is 1. The number of nitrogens with two attached hydrogens (primary N) is 1. The molecular formula is C12H16N4OS. The third kappa shape index (κ3) is 2.01. The maximum atomic E-state index is 5.89. The molecule has 1 saturated carbocycles. The molecule has 0 spiro atoms. The normalized spacial score (nSPS) is 17.2. The van der Waals surface area contributed by atoms with E-state index in [1.807, 2.05) is 6.92 Å². The number of nitrogens with zero attached hydrogens (tertiary/aromatic N) is 3. The molecule has 0 amide bonds. The Morgan fingerprint density at radius 2 is 2.06 bits per heavy atom. The Morgan fingerprint density at radius 1 is 1.28 bits per heavy atom. The summed E-state index contributed by atoms with van der Waals surface area (Å²) in [6, 6.07) is 0. The topological polar surface area (TPSA) is 77.8 Å². The summed E-state index contributed by atoms with van der Waals surface area (Å²) in [5.41, 5.74) is 7.55. The molecule has 0 unspecified atom stereocenters. The fraction of sp³-hybridized carbons (Fsp3) is 0.583. The molecule has 1 fully saturated rings. The Morgan fingerprint density at radius 3 is 2.72 bits per heavy atom. The molecule has 0 atom stereocenters. The first-order chi connectivity index (χ1) is 8.75. The van der Waals surface area contributed by atoms with Gasteiger partial charge in [0, 0.05) is 5.92 Å². The first kappa shape index (κ1) is 11.6. The summed E-state index contributed by atoms with van der Waals surface area (Å²) < 4.78 is 9.55. The summed E-state index contributed by atoms with van der Waals surface area (Å²) in [6.45, 7) is 1.91. The second-order valence-corrected chi connectivity index (χ2v) is 5.60. The number of aryl methyl sites for hydroxylation is 1. The summed E-state index contributed by atoms with van der Waals surface area (Å²) >= 11 is 1.27. The van der Waals surface area contributed by atoms with Gasteiger partial charge in [-0.15, -0.1) is 0 Å². The summed E-state index contributed by atoms with van der Waals surface area (Å²) in [5, 5.41) is 4.76. The maximum absolute atomic E-state index is 5.89. The molecule has 5 nitrogen and oxygen atoms in total. The van der Waals surface area contributed by atoms with E-state index in [1.165, 1.54) is 30.8 Å². The van der Waals surface area contributed by atoms with Crippen molar-refractivity contribution < 1.29 is 4.52 Å². The van der Waals surface area contributed by atoms with Crippen molar-refractivity contribution in [2.24, 2.45) is 0 Å². The van der Waals surface area contributed by atoms with Gasteiger partial charge in [-0.1, -0.05) is 24.4 Å². The highest BCUT2D eigenvalue weighted by Gasteiger charge is 2.23. The molecule has 0 aromatic carbocycles. The highest BCUT2D eigenvalue weighted by atomic mass is 32.1. The zero-order valence-corrected chi connectivity index (χ0v) is 11.2. The van der Waals surface area contributed by atoms with Gasteiger partial charge < -0.3 is 10.3 Å². The molecule has 0 bridgehead atoms. The Kier molecular flexibility index (Phi) is 3.03. The minimum absolute atomic E-state index is 0.448. The number of aromatic nitrogens is 3. The van der Waals surface area contributed by atoms with Gasteiger partial charge in [-0.25, -0.2) is 0 Å². The third-order valence-electron chi connectivity index (χ3n) is 3.52. The minimum atomic E-state index is 0.448. The quantitative estimate of drug-likeness (QED) is 0.901. The minimum Gasteiger partial charge on any atom is -0.389 e. The van der Waals surface area contributed by atoms with Gasteiger partial charge in [-0.3, -0.25) is 0 Å². The van der Waals surface area contributed by atoms with Crippen molar-refractivity contribution in [2.75, 3.05) is 5.73 Å². The highest BCUT2D eigenvalue weighted by Crippen LogP contribution is 2.35. The average molecular weight is 264 g/mol. The van der Waals surface area contributed by atoms with Crippen LogP contribution in [0.25, 0.3) is 11.5 Å². The van der Waals surface area contributed by atoms with E-state index in [1.54, 1.807) is 0 Å². The second-order valence-electron chi connectivity index (χ2n) is 4.80. The van der Waals surface area contributed by atoms with Crippen LogP contribution in [0.4, 0.5) is 5.00 Å². The molecule has 2 aromatic heterocycles. The molecule has 3 rings (SSSR count). The molecule has 2 aromatic rings. The van der Waals surface area contributed by atoms with Gasteiger partial charge in [0.2, 0.25) is 0 Å². The first-order valence-corrected chi connectivity index (χ1v) is 7.09. The molecule has 0 radical (unpaired) electrons. The van der Waals surface area contributed by atoms with Crippen molar-refractivity contribution in [3.05, 3.63) is 11.5 Å².